The Kier molecular flexibility index (Phi) is 3.80. The minimum absolute atomic E-state index is 0.244. The van der Waals surface area contributed by atoms with Crippen LogP contribution in [0, 0.1) is 0 Å². The third-order valence-corrected chi connectivity index (χ3v) is 6.68. The molecule has 2 aliphatic carbocycles. The normalized spacial score (nSPS) is 25.4. The summed E-state index contributed by atoms with van der Waals surface area (Å²) in [5.74, 6) is 0.232. The Morgan fingerprint density at radius 3 is 2.00 bits per heavy atom. The van der Waals surface area contributed by atoms with Crippen molar-refractivity contribution in [3.8, 4) is 0 Å². The van der Waals surface area contributed by atoms with Crippen LogP contribution in [0.2, 0.25) is 0 Å². The zero-order chi connectivity index (χ0) is 18.7. The Hall–Kier alpha value is -2.09. The number of fused-ring (bicyclic) bond motifs is 1. The fourth-order valence-corrected chi connectivity index (χ4v) is 4.64. The molecule has 0 radical (unpaired) electrons. The van der Waals surface area contributed by atoms with Crippen LogP contribution in [-0.2, 0) is 10.8 Å². The van der Waals surface area contributed by atoms with E-state index in [-0.39, 0.29) is 10.8 Å². The molecule has 0 aliphatic heterocycles. The highest BCUT2D eigenvalue weighted by molar-refractivity contribution is 5.87. The Balaban J connectivity index is 1.61. The summed E-state index contributed by atoms with van der Waals surface area (Å²) in [7, 11) is 0. The molecule has 0 saturated heterocycles. The standard InChI is InChI=1S/C24H28O2/c1-23(2)11-12-24(3,4)21-13-17(9-10-20(21)23)19-14-18(19)15-5-7-16(8-6-15)22(25)26/h5-10,13,18-19H,11-12,14H2,1-4H3,(H,25,26)/t18-,19?/m0/s1. The second kappa shape index (κ2) is 5.70. The number of hydrogen-bond acceptors (Lipinski definition) is 1. The number of aromatic carboxylic acids is 1. The minimum Gasteiger partial charge on any atom is -0.478 e. The number of rotatable bonds is 3. The van der Waals surface area contributed by atoms with E-state index in [0.717, 1.165) is 6.42 Å². The maximum atomic E-state index is 11.0. The molecular formula is C24H28O2. The van der Waals surface area contributed by atoms with Crippen molar-refractivity contribution < 1.29 is 9.90 Å². The summed E-state index contributed by atoms with van der Waals surface area (Å²) in [6, 6.07) is 14.6. The lowest BCUT2D eigenvalue weighted by Crippen LogP contribution is -2.33. The molecule has 1 unspecified atom stereocenters. The molecule has 2 atom stereocenters. The highest BCUT2D eigenvalue weighted by atomic mass is 16.4. The van der Waals surface area contributed by atoms with Gasteiger partial charge in [-0.15, -0.1) is 0 Å². The summed E-state index contributed by atoms with van der Waals surface area (Å²) in [6.45, 7) is 9.48. The number of carboxylic acid groups (broad SMARTS) is 1. The van der Waals surface area contributed by atoms with E-state index in [4.69, 9.17) is 5.11 Å². The van der Waals surface area contributed by atoms with E-state index in [9.17, 15) is 4.79 Å². The first-order chi connectivity index (χ1) is 12.2. The number of hydrogen-bond donors (Lipinski definition) is 1. The molecule has 1 N–H and O–H groups in total. The largest absolute Gasteiger partial charge is 0.478 e. The Labute approximate surface area is 156 Å². The van der Waals surface area contributed by atoms with Crippen LogP contribution in [0.15, 0.2) is 42.5 Å². The van der Waals surface area contributed by atoms with Crippen molar-refractivity contribution in [1.29, 1.82) is 0 Å². The topological polar surface area (TPSA) is 37.3 Å². The lowest BCUT2D eigenvalue weighted by Gasteiger charge is -2.42. The second-order valence-corrected chi connectivity index (χ2v) is 9.45. The van der Waals surface area contributed by atoms with E-state index in [1.165, 1.54) is 35.1 Å². The number of benzene rings is 2. The van der Waals surface area contributed by atoms with Crippen LogP contribution < -0.4 is 0 Å². The van der Waals surface area contributed by atoms with Gasteiger partial charge in [-0.2, -0.15) is 0 Å². The van der Waals surface area contributed by atoms with E-state index < -0.39 is 5.97 Å². The van der Waals surface area contributed by atoms with Crippen molar-refractivity contribution in [2.75, 3.05) is 0 Å². The molecular weight excluding hydrogens is 320 g/mol. The van der Waals surface area contributed by atoms with Crippen LogP contribution >= 0.6 is 0 Å². The third kappa shape index (κ3) is 2.86. The Bertz CT molecular complexity index is 858. The van der Waals surface area contributed by atoms with E-state index in [0.29, 0.717) is 17.4 Å². The maximum Gasteiger partial charge on any atom is 0.335 e. The molecule has 136 valence electrons. The second-order valence-electron chi connectivity index (χ2n) is 9.45. The van der Waals surface area contributed by atoms with Crippen molar-refractivity contribution in [3.63, 3.8) is 0 Å². The van der Waals surface area contributed by atoms with Gasteiger partial charge in [0.2, 0.25) is 0 Å². The molecule has 26 heavy (non-hydrogen) atoms. The molecule has 0 aromatic heterocycles. The average molecular weight is 348 g/mol. The van der Waals surface area contributed by atoms with Gasteiger partial charge in [0.15, 0.2) is 0 Å². The van der Waals surface area contributed by atoms with E-state index >= 15 is 0 Å². The molecule has 4 rings (SSSR count). The van der Waals surface area contributed by atoms with Crippen molar-refractivity contribution in [2.45, 2.75) is 69.6 Å². The van der Waals surface area contributed by atoms with Gasteiger partial charge >= 0.3 is 5.97 Å². The molecule has 0 spiro atoms. The van der Waals surface area contributed by atoms with Gasteiger partial charge in [-0.25, -0.2) is 4.79 Å². The average Bonchev–Trinajstić information content (AvgIpc) is 3.40. The highest BCUT2D eigenvalue weighted by Gasteiger charge is 2.42. The lowest BCUT2D eigenvalue weighted by atomic mass is 9.63. The van der Waals surface area contributed by atoms with Crippen molar-refractivity contribution in [2.24, 2.45) is 0 Å². The minimum atomic E-state index is -0.858. The SMILES string of the molecule is CC1(C)CCC(C)(C)c2cc(C3C[C@H]3c3ccc(C(=O)O)cc3)ccc21. The molecule has 2 nitrogen and oxygen atoms in total. The summed E-state index contributed by atoms with van der Waals surface area (Å²) in [5, 5.41) is 9.06. The predicted molar refractivity (Wildman–Crippen MR) is 105 cm³/mol. The van der Waals surface area contributed by atoms with Gasteiger partial charge in [-0.05, 0) is 76.3 Å². The first-order valence-electron chi connectivity index (χ1n) is 9.67. The Morgan fingerprint density at radius 2 is 1.38 bits per heavy atom. The van der Waals surface area contributed by atoms with E-state index in [2.05, 4.69) is 45.9 Å². The summed E-state index contributed by atoms with van der Waals surface area (Å²) >= 11 is 0. The fourth-order valence-electron chi connectivity index (χ4n) is 4.64. The first-order valence-corrected chi connectivity index (χ1v) is 9.67. The van der Waals surface area contributed by atoms with Crippen LogP contribution in [-0.4, -0.2) is 11.1 Å². The van der Waals surface area contributed by atoms with Gasteiger partial charge in [-0.1, -0.05) is 58.0 Å². The molecule has 0 bridgehead atoms. The van der Waals surface area contributed by atoms with Gasteiger partial charge in [-0.3, -0.25) is 0 Å². The van der Waals surface area contributed by atoms with Crippen LogP contribution in [0.3, 0.4) is 0 Å². The predicted octanol–water partition coefficient (Wildman–Crippen LogP) is 6.00. The van der Waals surface area contributed by atoms with Crippen LogP contribution in [0.1, 0.15) is 91.4 Å². The quantitative estimate of drug-likeness (QED) is 0.738. The third-order valence-electron chi connectivity index (χ3n) is 6.68. The summed E-state index contributed by atoms with van der Waals surface area (Å²) in [6.07, 6.45) is 3.64. The van der Waals surface area contributed by atoms with Crippen LogP contribution in [0.25, 0.3) is 0 Å². The fraction of sp³-hybridized carbons (Fsp3) is 0.458. The maximum absolute atomic E-state index is 11.0. The lowest BCUT2D eigenvalue weighted by molar-refractivity contribution is 0.0697. The van der Waals surface area contributed by atoms with Gasteiger partial charge < -0.3 is 5.11 Å². The molecule has 0 amide bonds. The van der Waals surface area contributed by atoms with Crippen molar-refractivity contribution >= 4 is 5.97 Å². The molecule has 1 saturated carbocycles. The smallest absolute Gasteiger partial charge is 0.335 e. The van der Waals surface area contributed by atoms with Gasteiger partial charge in [0, 0.05) is 0 Å². The Morgan fingerprint density at radius 1 is 0.846 bits per heavy atom. The van der Waals surface area contributed by atoms with E-state index in [1.807, 2.05) is 12.1 Å². The van der Waals surface area contributed by atoms with Crippen molar-refractivity contribution in [1.82, 2.24) is 0 Å². The summed E-state index contributed by atoms with van der Waals surface area (Å²) < 4.78 is 0. The number of carboxylic acids is 1. The monoisotopic (exact) mass is 348 g/mol. The molecule has 1 fully saturated rings. The summed E-state index contributed by atoms with van der Waals surface area (Å²) in [4.78, 5) is 11.0. The van der Waals surface area contributed by atoms with Gasteiger partial charge in [0.05, 0.1) is 5.56 Å². The molecule has 2 aliphatic rings. The van der Waals surface area contributed by atoms with E-state index in [1.54, 1.807) is 12.1 Å². The summed E-state index contributed by atoms with van der Waals surface area (Å²) in [5.41, 5.74) is 6.62. The molecule has 2 aromatic carbocycles. The van der Waals surface area contributed by atoms with Crippen LogP contribution in [0.5, 0.6) is 0 Å². The van der Waals surface area contributed by atoms with Crippen LogP contribution in [0.4, 0.5) is 0 Å². The highest BCUT2D eigenvalue weighted by Crippen LogP contribution is 2.56. The zero-order valence-corrected chi connectivity index (χ0v) is 16.2. The van der Waals surface area contributed by atoms with Gasteiger partial charge in [0.1, 0.15) is 0 Å². The molecule has 2 heteroatoms. The molecule has 0 heterocycles. The number of carbonyl (C=O) groups is 1. The zero-order valence-electron chi connectivity index (χ0n) is 16.2. The van der Waals surface area contributed by atoms with Crippen molar-refractivity contribution in [3.05, 3.63) is 70.3 Å². The van der Waals surface area contributed by atoms with Gasteiger partial charge in [0.25, 0.3) is 0 Å². The first kappa shape index (κ1) is 17.3. The molecule has 2 aromatic rings.